The molecule has 2 N–H and O–H groups in total. The minimum atomic E-state index is -0.436. The van der Waals surface area contributed by atoms with Gasteiger partial charge in [0.1, 0.15) is 0 Å². The average Bonchev–Trinajstić information content (AvgIpc) is 3.11. The van der Waals surface area contributed by atoms with Gasteiger partial charge in [-0.2, -0.15) is 0 Å². The van der Waals surface area contributed by atoms with Gasteiger partial charge in [0.15, 0.2) is 4.34 Å². The molecule has 4 amide bonds. The second kappa shape index (κ2) is 8.81. The van der Waals surface area contributed by atoms with Crippen molar-refractivity contribution in [2.75, 3.05) is 10.7 Å². The van der Waals surface area contributed by atoms with E-state index in [1.807, 2.05) is 6.92 Å². The van der Waals surface area contributed by atoms with Crippen molar-refractivity contribution in [3.63, 3.8) is 0 Å². The van der Waals surface area contributed by atoms with Crippen LogP contribution in [0, 0.1) is 0 Å². The number of nitrogens with zero attached hydrogens (tertiary/aromatic N) is 3. The van der Waals surface area contributed by atoms with Gasteiger partial charge in [-0.3, -0.25) is 19.8 Å². The maximum atomic E-state index is 12.1. The van der Waals surface area contributed by atoms with Crippen LogP contribution in [0.4, 0.5) is 9.93 Å². The Morgan fingerprint density at radius 1 is 1.19 bits per heavy atom. The molecule has 0 aliphatic heterocycles. The molecule has 0 spiro atoms. The average molecular weight is 398 g/mol. The van der Waals surface area contributed by atoms with Crippen LogP contribution in [0.1, 0.15) is 51.9 Å². The molecule has 8 nitrogen and oxygen atoms in total. The number of thioether (sulfide) groups is 1. The molecule has 0 bridgehead atoms. The lowest BCUT2D eigenvalue weighted by Crippen LogP contribution is -2.44. The van der Waals surface area contributed by atoms with Gasteiger partial charge in [-0.1, -0.05) is 42.9 Å². The molecular formula is C16H23N5O3S2. The number of urea groups is 1. The quantitative estimate of drug-likeness (QED) is 0.540. The van der Waals surface area contributed by atoms with Crippen LogP contribution in [0.2, 0.25) is 0 Å². The Kier molecular flexibility index (Phi) is 6.47. The van der Waals surface area contributed by atoms with Crippen molar-refractivity contribution in [2.24, 2.45) is 0 Å². The fraction of sp³-hybridized carbons (Fsp3) is 0.688. The molecule has 10 heteroatoms. The Morgan fingerprint density at radius 2 is 1.92 bits per heavy atom. The number of imide groups is 1. The molecule has 2 fully saturated rings. The van der Waals surface area contributed by atoms with Crippen LogP contribution in [-0.4, -0.2) is 45.9 Å². The number of nitrogens with one attached hydrogen (secondary N) is 2. The highest BCUT2D eigenvalue weighted by atomic mass is 32.2. The predicted molar refractivity (Wildman–Crippen MR) is 100 cm³/mol. The van der Waals surface area contributed by atoms with Gasteiger partial charge in [-0.15, -0.1) is 10.2 Å². The van der Waals surface area contributed by atoms with E-state index in [-0.39, 0.29) is 29.7 Å². The number of aromatic nitrogens is 2. The van der Waals surface area contributed by atoms with E-state index in [4.69, 9.17) is 0 Å². The summed E-state index contributed by atoms with van der Waals surface area (Å²) in [7, 11) is 0. The highest BCUT2D eigenvalue weighted by Crippen LogP contribution is 2.36. The Balaban J connectivity index is 1.45. The summed E-state index contributed by atoms with van der Waals surface area (Å²) in [6.07, 6.45) is 6.59. The third-order valence-electron chi connectivity index (χ3n) is 4.36. The number of anilines is 1. The van der Waals surface area contributed by atoms with Gasteiger partial charge in [0, 0.05) is 18.5 Å². The molecule has 0 atom stereocenters. The summed E-state index contributed by atoms with van der Waals surface area (Å²) in [5.74, 6) is -0.245. The zero-order chi connectivity index (χ0) is 18.5. The van der Waals surface area contributed by atoms with Crippen LogP contribution >= 0.6 is 23.1 Å². The Bertz CT molecular complexity index is 671. The van der Waals surface area contributed by atoms with Gasteiger partial charge in [-0.05, 0) is 25.7 Å². The minimum Gasteiger partial charge on any atom is -0.335 e. The van der Waals surface area contributed by atoms with Crippen molar-refractivity contribution >= 4 is 46.1 Å². The lowest BCUT2D eigenvalue weighted by molar-refractivity contribution is -0.118. The number of hydrogen-bond donors (Lipinski definition) is 2. The second-order valence-corrected chi connectivity index (χ2v) is 8.67. The molecular weight excluding hydrogens is 374 g/mol. The smallest absolute Gasteiger partial charge is 0.321 e. The van der Waals surface area contributed by atoms with E-state index in [9.17, 15) is 14.4 Å². The minimum absolute atomic E-state index is 0.0431. The standard InChI is InChI=1S/C16H23N5O3S2/c1-2-13(23)21(11-7-8-11)15-19-20-16(26-15)25-9-12(22)18-14(24)17-10-5-3-4-6-10/h10-11H,2-9H2,1H3,(H2,17,18,22,24). The van der Waals surface area contributed by atoms with Crippen molar-refractivity contribution in [2.45, 2.75) is 68.3 Å². The lowest BCUT2D eigenvalue weighted by atomic mass is 10.2. The van der Waals surface area contributed by atoms with Gasteiger partial charge in [0.05, 0.1) is 5.75 Å². The van der Waals surface area contributed by atoms with Gasteiger partial charge in [0.25, 0.3) is 0 Å². The summed E-state index contributed by atoms with van der Waals surface area (Å²) in [5, 5.41) is 13.9. The lowest BCUT2D eigenvalue weighted by Gasteiger charge is -2.17. The van der Waals surface area contributed by atoms with Crippen LogP contribution in [-0.2, 0) is 9.59 Å². The number of hydrogen-bond acceptors (Lipinski definition) is 7. The Morgan fingerprint density at radius 3 is 2.58 bits per heavy atom. The van der Waals surface area contributed by atoms with Crippen molar-refractivity contribution < 1.29 is 14.4 Å². The summed E-state index contributed by atoms with van der Waals surface area (Å²) in [5.41, 5.74) is 0. The fourth-order valence-corrected chi connectivity index (χ4v) is 4.64. The number of rotatable bonds is 7. The first-order valence-corrected chi connectivity index (χ1v) is 10.8. The molecule has 2 aliphatic carbocycles. The van der Waals surface area contributed by atoms with Crippen LogP contribution in [0.25, 0.3) is 0 Å². The molecule has 0 unspecified atom stereocenters. The summed E-state index contributed by atoms with van der Waals surface area (Å²) >= 11 is 2.52. The summed E-state index contributed by atoms with van der Waals surface area (Å²) in [6.45, 7) is 1.83. The number of carbonyl (C=O) groups is 3. The van der Waals surface area contributed by atoms with E-state index in [2.05, 4.69) is 20.8 Å². The van der Waals surface area contributed by atoms with Crippen molar-refractivity contribution in [1.82, 2.24) is 20.8 Å². The van der Waals surface area contributed by atoms with E-state index in [0.717, 1.165) is 38.5 Å². The Hall–Kier alpha value is -1.68. The normalized spacial score (nSPS) is 17.1. The number of amides is 4. The molecule has 1 aromatic rings. The molecule has 26 heavy (non-hydrogen) atoms. The summed E-state index contributed by atoms with van der Waals surface area (Å²) < 4.78 is 0.612. The first-order valence-electron chi connectivity index (χ1n) is 8.95. The topological polar surface area (TPSA) is 104 Å². The maximum absolute atomic E-state index is 12.1. The van der Waals surface area contributed by atoms with Crippen molar-refractivity contribution in [3.8, 4) is 0 Å². The highest BCUT2D eigenvalue weighted by molar-refractivity contribution is 8.01. The molecule has 3 rings (SSSR count). The molecule has 2 saturated carbocycles. The van der Waals surface area contributed by atoms with E-state index in [0.29, 0.717) is 15.9 Å². The van der Waals surface area contributed by atoms with Crippen LogP contribution < -0.4 is 15.5 Å². The van der Waals surface area contributed by atoms with Gasteiger partial charge in [0.2, 0.25) is 16.9 Å². The molecule has 1 aromatic heterocycles. The first-order chi connectivity index (χ1) is 12.6. The molecule has 0 aromatic carbocycles. The van der Waals surface area contributed by atoms with Gasteiger partial charge in [-0.25, -0.2) is 4.79 Å². The maximum Gasteiger partial charge on any atom is 0.321 e. The van der Waals surface area contributed by atoms with Crippen molar-refractivity contribution in [1.29, 1.82) is 0 Å². The van der Waals surface area contributed by atoms with Crippen molar-refractivity contribution in [3.05, 3.63) is 0 Å². The Labute approximate surface area is 160 Å². The fourth-order valence-electron chi connectivity index (χ4n) is 2.91. The zero-order valence-corrected chi connectivity index (χ0v) is 16.3. The molecule has 2 aliphatic rings. The van der Waals surface area contributed by atoms with Gasteiger partial charge >= 0.3 is 6.03 Å². The third kappa shape index (κ3) is 5.16. The largest absolute Gasteiger partial charge is 0.335 e. The third-order valence-corrected chi connectivity index (χ3v) is 6.41. The van der Waals surface area contributed by atoms with E-state index < -0.39 is 6.03 Å². The molecule has 142 valence electrons. The molecule has 0 saturated heterocycles. The van der Waals surface area contributed by atoms with Crippen LogP contribution in [0.15, 0.2) is 4.34 Å². The monoisotopic (exact) mass is 397 g/mol. The van der Waals surface area contributed by atoms with Crippen LogP contribution in [0.3, 0.4) is 0 Å². The van der Waals surface area contributed by atoms with Crippen LogP contribution in [0.5, 0.6) is 0 Å². The zero-order valence-electron chi connectivity index (χ0n) is 14.7. The van der Waals surface area contributed by atoms with E-state index in [1.165, 1.54) is 23.1 Å². The number of carbonyl (C=O) groups excluding carboxylic acids is 3. The van der Waals surface area contributed by atoms with E-state index in [1.54, 1.807) is 4.90 Å². The summed E-state index contributed by atoms with van der Waals surface area (Å²) in [4.78, 5) is 37.5. The highest BCUT2D eigenvalue weighted by Gasteiger charge is 2.35. The second-order valence-electron chi connectivity index (χ2n) is 6.49. The molecule has 1 heterocycles. The summed E-state index contributed by atoms with van der Waals surface area (Å²) in [6, 6.07) is -0.0320. The first kappa shape index (κ1) is 19.1. The van der Waals surface area contributed by atoms with E-state index >= 15 is 0 Å². The van der Waals surface area contributed by atoms with Gasteiger partial charge < -0.3 is 5.32 Å². The molecule has 0 radical (unpaired) electrons. The predicted octanol–water partition coefficient (Wildman–Crippen LogP) is 2.30. The SMILES string of the molecule is CCC(=O)N(c1nnc(SCC(=O)NC(=O)NC2CCCC2)s1)C1CC1.